The van der Waals surface area contributed by atoms with Crippen LogP contribution in [-0.4, -0.2) is 29.9 Å². The summed E-state index contributed by atoms with van der Waals surface area (Å²) in [6.07, 6.45) is 0. The van der Waals surface area contributed by atoms with E-state index in [1.807, 2.05) is 6.92 Å². The molecule has 0 saturated carbocycles. The maximum Gasteiger partial charge on any atom is 0.336 e. The maximum absolute atomic E-state index is 11.6. The molecule has 0 aliphatic rings. The van der Waals surface area contributed by atoms with Gasteiger partial charge < -0.3 is 19.5 Å². The monoisotopic (exact) mass is 278 g/mol. The molecule has 108 valence electrons. The predicted molar refractivity (Wildman–Crippen MR) is 76.0 cm³/mol. The van der Waals surface area contributed by atoms with Crippen molar-refractivity contribution in [1.29, 1.82) is 0 Å². The quantitative estimate of drug-likeness (QED) is 0.683. The van der Waals surface area contributed by atoms with Gasteiger partial charge in [0.05, 0.1) is 13.2 Å². The van der Waals surface area contributed by atoms with Crippen molar-refractivity contribution in [3.8, 4) is 5.75 Å². The number of nitrogens with one attached hydrogen (secondary N) is 1. The summed E-state index contributed by atoms with van der Waals surface area (Å²) in [5, 5.41) is 19.6. The van der Waals surface area contributed by atoms with Crippen LogP contribution in [0.5, 0.6) is 5.75 Å². The van der Waals surface area contributed by atoms with Crippen molar-refractivity contribution in [3.05, 3.63) is 39.7 Å². The molecular formula is C15H20NO4+. The third-order valence-electron chi connectivity index (χ3n) is 3.55. The Labute approximate surface area is 117 Å². The number of aliphatic hydroxyl groups excluding tert-OH is 1. The highest BCUT2D eigenvalue weighted by atomic mass is 16.4. The van der Waals surface area contributed by atoms with Crippen LogP contribution in [0.2, 0.25) is 0 Å². The minimum Gasteiger partial charge on any atom is -0.508 e. The zero-order valence-electron chi connectivity index (χ0n) is 11.8. The molecule has 0 spiro atoms. The van der Waals surface area contributed by atoms with Gasteiger partial charge in [-0.15, -0.1) is 0 Å². The van der Waals surface area contributed by atoms with Crippen LogP contribution in [0, 0.1) is 6.92 Å². The molecule has 0 radical (unpaired) electrons. The van der Waals surface area contributed by atoms with E-state index in [0.717, 1.165) is 17.5 Å². The summed E-state index contributed by atoms with van der Waals surface area (Å²) < 4.78 is 5.19. The van der Waals surface area contributed by atoms with E-state index in [9.17, 15) is 9.90 Å². The minimum absolute atomic E-state index is 0.104. The Hall–Kier alpha value is -1.85. The van der Waals surface area contributed by atoms with E-state index in [4.69, 9.17) is 9.52 Å². The van der Waals surface area contributed by atoms with Crippen LogP contribution in [0.1, 0.15) is 18.1 Å². The number of aromatic hydroxyl groups is 1. The number of hydrogen-bond donors (Lipinski definition) is 3. The largest absolute Gasteiger partial charge is 0.508 e. The Balaban J connectivity index is 2.51. The van der Waals surface area contributed by atoms with Gasteiger partial charge in [-0.05, 0) is 31.5 Å². The Morgan fingerprint density at radius 1 is 1.30 bits per heavy atom. The highest BCUT2D eigenvalue weighted by Crippen LogP contribution is 2.25. The lowest BCUT2D eigenvalue weighted by molar-refractivity contribution is -0.912. The van der Waals surface area contributed by atoms with Crippen molar-refractivity contribution >= 4 is 11.0 Å². The topological polar surface area (TPSA) is 75.1 Å². The van der Waals surface area contributed by atoms with Crippen LogP contribution in [0.25, 0.3) is 11.0 Å². The van der Waals surface area contributed by atoms with E-state index >= 15 is 0 Å². The fraction of sp³-hybridized carbons (Fsp3) is 0.400. The van der Waals surface area contributed by atoms with E-state index in [1.165, 1.54) is 11.0 Å². The molecule has 1 aromatic carbocycles. The van der Waals surface area contributed by atoms with Gasteiger partial charge in [-0.1, -0.05) is 0 Å². The van der Waals surface area contributed by atoms with Crippen molar-refractivity contribution in [3.63, 3.8) is 0 Å². The van der Waals surface area contributed by atoms with Crippen molar-refractivity contribution in [2.24, 2.45) is 0 Å². The highest BCUT2D eigenvalue weighted by molar-refractivity contribution is 5.82. The molecule has 1 aromatic heterocycles. The van der Waals surface area contributed by atoms with Crippen molar-refractivity contribution in [2.75, 3.05) is 19.7 Å². The molecule has 1 unspecified atom stereocenters. The van der Waals surface area contributed by atoms with Gasteiger partial charge in [-0.2, -0.15) is 0 Å². The van der Waals surface area contributed by atoms with Crippen LogP contribution >= 0.6 is 0 Å². The van der Waals surface area contributed by atoms with E-state index in [-0.39, 0.29) is 12.4 Å². The smallest absolute Gasteiger partial charge is 0.336 e. The molecule has 20 heavy (non-hydrogen) atoms. The Bertz CT molecular complexity index is 663. The molecule has 3 N–H and O–H groups in total. The van der Waals surface area contributed by atoms with Gasteiger partial charge in [0.15, 0.2) is 0 Å². The van der Waals surface area contributed by atoms with Crippen LogP contribution in [0.15, 0.2) is 27.4 Å². The summed E-state index contributed by atoms with van der Waals surface area (Å²) in [6, 6.07) is 4.77. The van der Waals surface area contributed by atoms with E-state index in [2.05, 4.69) is 0 Å². The van der Waals surface area contributed by atoms with Gasteiger partial charge in [-0.25, -0.2) is 4.79 Å². The third kappa shape index (κ3) is 3.00. The minimum atomic E-state index is -0.392. The number of phenolic OH excluding ortho intramolecular Hbond substituents is 1. The van der Waals surface area contributed by atoms with Crippen LogP contribution in [-0.2, 0) is 6.54 Å². The second kappa shape index (κ2) is 6.07. The zero-order valence-corrected chi connectivity index (χ0v) is 11.8. The van der Waals surface area contributed by atoms with Crippen molar-refractivity contribution in [2.45, 2.75) is 20.4 Å². The van der Waals surface area contributed by atoms with E-state index in [1.54, 1.807) is 19.1 Å². The Morgan fingerprint density at radius 2 is 2.05 bits per heavy atom. The number of benzene rings is 1. The molecule has 0 aliphatic carbocycles. The third-order valence-corrected chi connectivity index (χ3v) is 3.55. The molecule has 5 heteroatoms. The van der Waals surface area contributed by atoms with Crippen molar-refractivity contribution < 1.29 is 19.5 Å². The van der Waals surface area contributed by atoms with Gasteiger partial charge >= 0.3 is 5.63 Å². The second-order valence-electron chi connectivity index (χ2n) is 4.98. The molecule has 2 aromatic rings. The average Bonchev–Trinajstić information content (AvgIpc) is 2.40. The summed E-state index contributed by atoms with van der Waals surface area (Å²) in [5.41, 5.74) is 1.60. The van der Waals surface area contributed by atoms with Crippen LogP contribution in [0.3, 0.4) is 0 Å². The number of likely N-dealkylation sites (N-methyl/N-ethyl adjacent to an activating group) is 1. The number of fused-ring (bicyclic) bond motifs is 1. The first-order valence-corrected chi connectivity index (χ1v) is 6.76. The zero-order chi connectivity index (χ0) is 14.7. The molecule has 5 nitrogen and oxygen atoms in total. The number of phenols is 1. The van der Waals surface area contributed by atoms with E-state index in [0.29, 0.717) is 24.2 Å². The van der Waals surface area contributed by atoms with Crippen LogP contribution in [0.4, 0.5) is 0 Å². The summed E-state index contributed by atoms with van der Waals surface area (Å²) in [7, 11) is 0. The molecule has 0 amide bonds. The fourth-order valence-corrected chi connectivity index (χ4v) is 2.33. The van der Waals surface area contributed by atoms with Crippen LogP contribution < -0.4 is 10.5 Å². The average molecular weight is 278 g/mol. The number of rotatable bonds is 5. The maximum atomic E-state index is 11.6. The number of quaternary nitrogens is 1. The SMILES string of the molecule is CC[NH+](CCO)Cc1cc(=O)oc2cc(C)c(O)cc12. The Kier molecular flexibility index (Phi) is 4.42. The molecular weight excluding hydrogens is 258 g/mol. The fourth-order valence-electron chi connectivity index (χ4n) is 2.33. The first kappa shape index (κ1) is 14.6. The summed E-state index contributed by atoms with van der Waals surface area (Å²) >= 11 is 0. The lowest BCUT2D eigenvalue weighted by Gasteiger charge is -2.17. The molecule has 2 rings (SSSR count). The number of aryl methyl sites for hydroxylation is 1. The highest BCUT2D eigenvalue weighted by Gasteiger charge is 2.13. The summed E-state index contributed by atoms with van der Waals surface area (Å²) in [6.45, 7) is 5.97. The number of aliphatic hydroxyl groups is 1. The van der Waals surface area contributed by atoms with Crippen molar-refractivity contribution in [1.82, 2.24) is 0 Å². The first-order chi connectivity index (χ1) is 9.55. The summed E-state index contributed by atoms with van der Waals surface area (Å²) in [5.74, 6) is 0.188. The van der Waals surface area contributed by atoms with E-state index < -0.39 is 5.63 Å². The molecule has 0 fully saturated rings. The molecule has 0 saturated heterocycles. The summed E-state index contributed by atoms with van der Waals surface area (Å²) in [4.78, 5) is 12.8. The standard InChI is InChI=1S/C15H19NO4/c1-3-16(4-5-17)9-11-7-15(19)20-14-6-10(2)13(18)8-12(11)14/h6-8,17-18H,3-5,9H2,1-2H3/p+1. The number of hydrogen-bond acceptors (Lipinski definition) is 4. The normalized spacial score (nSPS) is 12.8. The van der Waals surface area contributed by atoms with Gasteiger partial charge in [0.1, 0.15) is 24.4 Å². The molecule has 0 bridgehead atoms. The lowest BCUT2D eigenvalue weighted by Crippen LogP contribution is -3.10. The Morgan fingerprint density at radius 3 is 2.70 bits per heavy atom. The molecule has 1 atom stereocenters. The predicted octanol–water partition coefficient (Wildman–Crippen LogP) is 0.204. The first-order valence-electron chi connectivity index (χ1n) is 6.76. The second-order valence-corrected chi connectivity index (χ2v) is 4.98. The van der Waals surface area contributed by atoms with Gasteiger partial charge in [-0.3, -0.25) is 0 Å². The molecule has 0 aliphatic heterocycles. The lowest BCUT2D eigenvalue weighted by atomic mass is 10.1. The van der Waals surface area contributed by atoms with Gasteiger partial charge in [0.25, 0.3) is 0 Å². The van der Waals surface area contributed by atoms with Gasteiger partial charge in [0.2, 0.25) is 0 Å². The van der Waals surface area contributed by atoms with Gasteiger partial charge in [0, 0.05) is 17.0 Å². The molecule has 1 heterocycles.